The molecular weight excluding hydrogens is 246 g/mol. The highest BCUT2D eigenvalue weighted by Crippen LogP contribution is 2.25. The molecule has 0 aromatic carbocycles. The van der Waals surface area contributed by atoms with Gasteiger partial charge in [0.25, 0.3) is 0 Å². The first-order chi connectivity index (χ1) is 9.74. The first-order valence-electron chi connectivity index (χ1n) is 8.91. The molecule has 2 fully saturated rings. The summed E-state index contributed by atoms with van der Waals surface area (Å²) in [5.74, 6) is 1.68. The summed E-state index contributed by atoms with van der Waals surface area (Å²) in [6.45, 7) is 12.1. The number of hydrogen-bond acceptors (Lipinski definition) is 3. The highest BCUT2D eigenvalue weighted by Gasteiger charge is 2.28. The molecule has 0 aromatic heterocycles. The van der Waals surface area contributed by atoms with E-state index in [0.29, 0.717) is 6.04 Å². The minimum absolute atomic E-state index is 0.614. The van der Waals surface area contributed by atoms with Crippen LogP contribution in [0.25, 0.3) is 0 Å². The molecule has 2 unspecified atom stereocenters. The lowest BCUT2D eigenvalue weighted by Crippen LogP contribution is -2.49. The zero-order valence-electron chi connectivity index (χ0n) is 13.7. The molecule has 0 aliphatic carbocycles. The van der Waals surface area contributed by atoms with Gasteiger partial charge >= 0.3 is 0 Å². The van der Waals surface area contributed by atoms with Crippen molar-refractivity contribution in [2.75, 3.05) is 39.3 Å². The normalized spacial score (nSPS) is 25.9. The van der Waals surface area contributed by atoms with E-state index in [1.165, 1.54) is 71.2 Å². The van der Waals surface area contributed by atoms with Crippen molar-refractivity contribution in [3.63, 3.8) is 0 Å². The van der Waals surface area contributed by atoms with E-state index in [-0.39, 0.29) is 0 Å². The maximum absolute atomic E-state index is 6.05. The molecule has 0 bridgehead atoms. The largest absolute Gasteiger partial charge is 0.329 e. The summed E-state index contributed by atoms with van der Waals surface area (Å²) < 4.78 is 0. The standard InChI is InChI=1S/C17H35N3/c1-3-6-15(2)17(13-18)20-11-7-16(8-12-20)14-19-9-4-5-10-19/h15-17H,3-14,18H2,1-2H3. The van der Waals surface area contributed by atoms with Crippen molar-refractivity contribution in [3.8, 4) is 0 Å². The summed E-state index contributed by atoms with van der Waals surface area (Å²) in [5.41, 5.74) is 6.05. The Morgan fingerprint density at radius 3 is 2.30 bits per heavy atom. The van der Waals surface area contributed by atoms with Crippen molar-refractivity contribution in [3.05, 3.63) is 0 Å². The van der Waals surface area contributed by atoms with Crippen LogP contribution in [-0.4, -0.2) is 55.1 Å². The number of rotatable bonds is 7. The first kappa shape index (κ1) is 16.3. The lowest BCUT2D eigenvalue weighted by Gasteiger charge is -2.40. The van der Waals surface area contributed by atoms with E-state index >= 15 is 0 Å². The van der Waals surface area contributed by atoms with Gasteiger partial charge in [0.05, 0.1) is 0 Å². The van der Waals surface area contributed by atoms with Crippen LogP contribution >= 0.6 is 0 Å². The molecule has 2 heterocycles. The van der Waals surface area contributed by atoms with Crippen LogP contribution in [0.15, 0.2) is 0 Å². The van der Waals surface area contributed by atoms with Gasteiger partial charge in [-0.05, 0) is 70.1 Å². The molecular formula is C17H35N3. The Balaban J connectivity index is 1.74. The summed E-state index contributed by atoms with van der Waals surface area (Å²) in [7, 11) is 0. The fourth-order valence-electron chi connectivity index (χ4n) is 4.19. The van der Waals surface area contributed by atoms with Gasteiger partial charge in [0.1, 0.15) is 0 Å². The second kappa shape index (κ2) is 8.35. The van der Waals surface area contributed by atoms with E-state index in [4.69, 9.17) is 5.73 Å². The van der Waals surface area contributed by atoms with Crippen molar-refractivity contribution in [2.24, 2.45) is 17.6 Å². The highest BCUT2D eigenvalue weighted by atomic mass is 15.2. The maximum Gasteiger partial charge on any atom is 0.0243 e. The second-order valence-corrected chi connectivity index (χ2v) is 7.06. The first-order valence-corrected chi connectivity index (χ1v) is 8.91. The molecule has 2 saturated heterocycles. The van der Waals surface area contributed by atoms with Crippen LogP contribution < -0.4 is 5.73 Å². The molecule has 2 aliphatic heterocycles. The average molecular weight is 281 g/mol. The summed E-state index contributed by atoms with van der Waals surface area (Å²) in [6.07, 6.45) is 8.20. The number of nitrogens with zero attached hydrogens (tertiary/aromatic N) is 2. The Hall–Kier alpha value is -0.120. The van der Waals surface area contributed by atoms with Crippen LogP contribution in [0.4, 0.5) is 0 Å². The fraction of sp³-hybridized carbons (Fsp3) is 1.00. The summed E-state index contributed by atoms with van der Waals surface area (Å²) in [6, 6.07) is 0.614. The zero-order chi connectivity index (χ0) is 14.4. The lowest BCUT2D eigenvalue weighted by atomic mass is 9.90. The summed E-state index contributed by atoms with van der Waals surface area (Å²) in [4.78, 5) is 5.36. The molecule has 0 spiro atoms. The molecule has 20 heavy (non-hydrogen) atoms. The van der Waals surface area contributed by atoms with Crippen molar-refractivity contribution >= 4 is 0 Å². The Labute approximate surface area is 125 Å². The van der Waals surface area contributed by atoms with Crippen molar-refractivity contribution in [1.82, 2.24) is 9.80 Å². The molecule has 0 amide bonds. The van der Waals surface area contributed by atoms with Gasteiger partial charge in [-0.2, -0.15) is 0 Å². The highest BCUT2D eigenvalue weighted by molar-refractivity contribution is 4.83. The third-order valence-corrected chi connectivity index (χ3v) is 5.48. The zero-order valence-corrected chi connectivity index (χ0v) is 13.7. The topological polar surface area (TPSA) is 32.5 Å². The second-order valence-electron chi connectivity index (χ2n) is 7.06. The van der Waals surface area contributed by atoms with E-state index < -0.39 is 0 Å². The van der Waals surface area contributed by atoms with Crippen molar-refractivity contribution in [2.45, 2.75) is 58.4 Å². The van der Waals surface area contributed by atoms with Crippen molar-refractivity contribution < 1.29 is 0 Å². The molecule has 2 N–H and O–H groups in total. The Morgan fingerprint density at radius 1 is 1.10 bits per heavy atom. The molecule has 0 radical (unpaired) electrons. The molecule has 0 aromatic rings. The fourth-order valence-corrected chi connectivity index (χ4v) is 4.19. The van der Waals surface area contributed by atoms with Crippen molar-refractivity contribution in [1.29, 1.82) is 0 Å². The van der Waals surface area contributed by atoms with Crippen LogP contribution in [-0.2, 0) is 0 Å². The number of hydrogen-bond donors (Lipinski definition) is 1. The van der Waals surface area contributed by atoms with Crippen LogP contribution in [0.2, 0.25) is 0 Å². The Morgan fingerprint density at radius 2 is 1.75 bits per heavy atom. The van der Waals surface area contributed by atoms with Gasteiger partial charge in [0.15, 0.2) is 0 Å². The smallest absolute Gasteiger partial charge is 0.0243 e. The van der Waals surface area contributed by atoms with Gasteiger partial charge < -0.3 is 10.6 Å². The minimum Gasteiger partial charge on any atom is -0.329 e. The van der Waals surface area contributed by atoms with E-state index in [1.54, 1.807) is 0 Å². The molecule has 2 atom stereocenters. The number of likely N-dealkylation sites (tertiary alicyclic amines) is 2. The summed E-state index contributed by atoms with van der Waals surface area (Å²) >= 11 is 0. The Kier molecular flexibility index (Phi) is 6.79. The molecule has 2 aliphatic rings. The Bertz CT molecular complexity index is 255. The molecule has 118 valence electrons. The number of piperidine rings is 1. The molecule has 3 nitrogen and oxygen atoms in total. The van der Waals surface area contributed by atoms with Crippen LogP contribution in [0.5, 0.6) is 0 Å². The number of nitrogens with two attached hydrogens (primary N) is 1. The third kappa shape index (κ3) is 4.44. The van der Waals surface area contributed by atoms with E-state index in [2.05, 4.69) is 23.6 Å². The van der Waals surface area contributed by atoms with Gasteiger partial charge in [-0.1, -0.05) is 20.3 Å². The predicted octanol–water partition coefficient (Wildman–Crippen LogP) is 2.56. The van der Waals surface area contributed by atoms with Gasteiger partial charge in [0, 0.05) is 19.1 Å². The van der Waals surface area contributed by atoms with E-state index in [0.717, 1.165) is 18.4 Å². The van der Waals surface area contributed by atoms with E-state index in [9.17, 15) is 0 Å². The molecule has 2 rings (SSSR count). The van der Waals surface area contributed by atoms with Crippen LogP contribution in [0, 0.1) is 11.8 Å². The lowest BCUT2D eigenvalue weighted by molar-refractivity contribution is 0.0893. The van der Waals surface area contributed by atoms with Crippen LogP contribution in [0.3, 0.4) is 0 Å². The monoisotopic (exact) mass is 281 g/mol. The minimum atomic E-state index is 0.614. The van der Waals surface area contributed by atoms with Gasteiger partial charge in [-0.15, -0.1) is 0 Å². The van der Waals surface area contributed by atoms with Crippen LogP contribution in [0.1, 0.15) is 52.4 Å². The molecule has 3 heteroatoms. The quantitative estimate of drug-likeness (QED) is 0.778. The van der Waals surface area contributed by atoms with Gasteiger partial charge in [-0.3, -0.25) is 4.90 Å². The van der Waals surface area contributed by atoms with E-state index in [1.807, 2.05) is 0 Å². The van der Waals surface area contributed by atoms with Gasteiger partial charge in [0.2, 0.25) is 0 Å². The summed E-state index contributed by atoms with van der Waals surface area (Å²) in [5, 5.41) is 0. The molecule has 0 saturated carbocycles. The predicted molar refractivity (Wildman–Crippen MR) is 86.9 cm³/mol. The SMILES string of the molecule is CCCC(C)C(CN)N1CCC(CN2CCCC2)CC1. The van der Waals surface area contributed by atoms with Gasteiger partial charge in [-0.25, -0.2) is 0 Å². The average Bonchev–Trinajstić information content (AvgIpc) is 2.95. The third-order valence-electron chi connectivity index (χ3n) is 5.48. The maximum atomic E-state index is 6.05.